The summed E-state index contributed by atoms with van der Waals surface area (Å²) in [6.07, 6.45) is 3.15. The van der Waals surface area contributed by atoms with Crippen LogP contribution in [0.5, 0.6) is 0 Å². The number of nitrogens with one attached hydrogen (secondary N) is 1. The number of para-hydroxylation sites is 2. The zero-order valence-corrected chi connectivity index (χ0v) is 16.6. The van der Waals surface area contributed by atoms with Crippen molar-refractivity contribution in [3.63, 3.8) is 0 Å². The zero-order valence-electron chi connectivity index (χ0n) is 16.6. The van der Waals surface area contributed by atoms with Crippen LogP contribution in [-0.2, 0) is 6.54 Å². The molecule has 1 N–H and O–H groups in total. The lowest BCUT2D eigenvalue weighted by Crippen LogP contribution is -2.15. The van der Waals surface area contributed by atoms with Gasteiger partial charge in [0.25, 0.3) is 5.91 Å². The first-order chi connectivity index (χ1) is 15.3. The Morgan fingerprint density at radius 2 is 1.68 bits per heavy atom. The predicted molar refractivity (Wildman–Crippen MR) is 121 cm³/mol. The van der Waals surface area contributed by atoms with E-state index in [2.05, 4.69) is 15.4 Å². The molecule has 2 heterocycles. The quantitative estimate of drug-likeness (QED) is 0.456. The van der Waals surface area contributed by atoms with Gasteiger partial charge in [0.15, 0.2) is 0 Å². The van der Waals surface area contributed by atoms with Crippen molar-refractivity contribution in [1.29, 1.82) is 0 Å². The summed E-state index contributed by atoms with van der Waals surface area (Å²) in [6, 6.07) is 27.1. The number of hydrogen-bond donors (Lipinski definition) is 1. The fourth-order valence-electron chi connectivity index (χ4n) is 3.58. The molecule has 0 saturated carbocycles. The van der Waals surface area contributed by atoms with Gasteiger partial charge in [-0.05, 0) is 23.8 Å². The Balaban J connectivity index is 1.53. The largest absolute Gasteiger partial charge is 0.322 e. The van der Waals surface area contributed by atoms with Crippen molar-refractivity contribution >= 4 is 22.5 Å². The van der Waals surface area contributed by atoms with Crippen LogP contribution in [0, 0.1) is 0 Å². The Kier molecular flexibility index (Phi) is 4.94. The Hall–Kier alpha value is -4.32. The molecular weight excluding hydrogens is 386 g/mol. The summed E-state index contributed by atoms with van der Waals surface area (Å²) < 4.78 is 1.72. The van der Waals surface area contributed by atoms with Crippen molar-refractivity contribution in [3.05, 3.63) is 109 Å². The molecule has 1 amide bonds. The lowest BCUT2D eigenvalue weighted by atomic mass is 10.0. The van der Waals surface area contributed by atoms with E-state index in [-0.39, 0.29) is 5.91 Å². The second-order valence-corrected chi connectivity index (χ2v) is 7.14. The van der Waals surface area contributed by atoms with E-state index in [0.717, 1.165) is 33.4 Å². The van der Waals surface area contributed by atoms with Gasteiger partial charge in [0.05, 0.1) is 23.3 Å². The second kappa shape index (κ2) is 8.20. The summed E-state index contributed by atoms with van der Waals surface area (Å²) in [7, 11) is 0. The number of hydrogen-bond acceptors (Lipinski definition) is 4. The van der Waals surface area contributed by atoms with Crippen LogP contribution in [0.15, 0.2) is 97.6 Å². The molecular formula is C25H19N5O. The Bertz CT molecular complexity index is 1350. The molecule has 31 heavy (non-hydrogen) atoms. The van der Waals surface area contributed by atoms with E-state index in [4.69, 9.17) is 4.98 Å². The number of aromatic nitrogens is 4. The summed E-state index contributed by atoms with van der Waals surface area (Å²) in [5.41, 5.74) is 4.78. The van der Waals surface area contributed by atoms with E-state index in [0.29, 0.717) is 12.1 Å². The highest BCUT2D eigenvalue weighted by atomic mass is 16.1. The lowest BCUT2D eigenvalue weighted by Gasteiger charge is -2.13. The van der Waals surface area contributed by atoms with Crippen molar-refractivity contribution < 1.29 is 4.79 Å². The normalized spacial score (nSPS) is 10.8. The SMILES string of the molecule is O=C(Nc1ccccc1Cn1cncn1)c1cc(-c2ccccc2)nc2ccccc12. The van der Waals surface area contributed by atoms with E-state index in [1.54, 1.807) is 11.0 Å². The lowest BCUT2D eigenvalue weighted by molar-refractivity contribution is 0.102. The van der Waals surface area contributed by atoms with E-state index in [1.807, 2.05) is 84.9 Å². The fourth-order valence-corrected chi connectivity index (χ4v) is 3.58. The molecule has 3 aromatic carbocycles. The third-order valence-electron chi connectivity index (χ3n) is 5.09. The number of rotatable bonds is 5. The molecule has 0 aliphatic heterocycles. The summed E-state index contributed by atoms with van der Waals surface area (Å²) >= 11 is 0. The number of fused-ring (bicyclic) bond motifs is 1. The maximum Gasteiger partial charge on any atom is 0.256 e. The van der Waals surface area contributed by atoms with Gasteiger partial charge in [0.1, 0.15) is 12.7 Å². The van der Waals surface area contributed by atoms with E-state index in [1.165, 1.54) is 6.33 Å². The molecule has 5 rings (SSSR count). The number of anilines is 1. The van der Waals surface area contributed by atoms with Gasteiger partial charge in [0, 0.05) is 16.6 Å². The van der Waals surface area contributed by atoms with E-state index >= 15 is 0 Å². The minimum Gasteiger partial charge on any atom is -0.322 e. The first-order valence-corrected chi connectivity index (χ1v) is 9.95. The molecule has 0 aliphatic carbocycles. The molecule has 150 valence electrons. The fraction of sp³-hybridized carbons (Fsp3) is 0.0400. The van der Waals surface area contributed by atoms with Crippen molar-refractivity contribution in [2.75, 3.05) is 5.32 Å². The molecule has 0 fully saturated rings. The molecule has 5 aromatic rings. The third-order valence-corrected chi connectivity index (χ3v) is 5.09. The number of amides is 1. The van der Waals surface area contributed by atoms with Gasteiger partial charge < -0.3 is 5.32 Å². The Labute approximate surface area is 179 Å². The topological polar surface area (TPSA) is 72.7 Å². The first kappa shape index (κ1) is 18.7. The van der Waals surface area contributed by atoms with Gasteiger partial charge in [-0.15, -0.1) is 0 Å². The Morgan fingerprint density at radius 1 is 0.903 bits per heavy atom. The van der Waals surface area contributed by atoms with Gasteiger partial charge in [-0.25, -0.2) is 14.6 Å². The highest BCUT2D eigenvalue weighted by molar-refractivity contribution is 6.13. The van der Waals surface area contributed by atoms with Crippen molar-refractivity contribution in [3.8, 4) is 11.3 Å². The third kappa shape index (κ3) is 3.91. The molecule has 6 heteroatoms. The Morgan fingerprint density at radius 3 is 2.52 bits per heavy atom. The average molecular weight is 405 g/mol. The highest BCUT2D eigenvalue weighted by Gasteiger charge is 2.15. The van der Waals surface area contributed by atoms with Crippen LogP contribution >= 0.6 is 0 Å². The monoisotopic (exact) mass is 405 g/mol. The zero-order chi connectivity index (χ0) is 21.0. The molecule has 6 nitrogen and oxygen atoms in total. The van der Waals surface area contributed by atoms with Gasteiger partial charge >= 0.3 is 0 Å². The van der Waals surface area contributed by atoms with E-state index < -0.39 is 0 Å². The van der Waals surface area contributed by atoms with Crippen LogP contribution in [0.2, 0.25) is 0 Å². The number of nitrogens with zero attached hydrogens (tertiary/aromatic N) is 4. The molecule has 0 unspecified atom stereocenters. The number of carbonyl (C=O) groups excluding carboxylic acids is 1. The first-order valence-electron chi connectivity index (χ1n) is 9.95. The van der Waals surface area contributed by atoms with Crippen LogP contribution in [0.3, 0.4) is 0 Å². The molecule has 0 aliphatic rings. The van der Waals surface area contributed by atoms with Gasteiger partial charge in [-0.3, -0.25) is 4.79 Å². The smallest absolute Gasteiger partial charge is 0.256 e. The predicted octanol–water partition coefficient (Wildman–Crippen LogP) is 4.79. The van der Waals surface area contributed by atoms with Crippen molar-refractivity contribution in [1.82, 2.24) is 19.7 Å². The summed E-state index contributed by atoms with van der Waals surface area (Å²) in [5.74, 6) is -0.179. The summed E-state index contributed by atoms with van der Waals surface area (Å²) in [6.45, 7) is 0.517. The average Bonchev–Trinajstić information content (AvgIpc) is 3.33. The van der Waals surface area contributed by atoms with Crippen LogP contribution in [0.4, 0.5) is 5.69 Å². The van der Waals surface area contributed by atoms with Crippen LogP contribution in [-0.4, -0.2) is 25.7 Å². The molecule has 0 bridgehead atoms. The van der Waals surface area contributed by atoms with Crippen LogP contribution in [0.1, 0.15) is 15.9 Å². The van der Waals surface area contributed by atoms with Crippen LogP contribution < -0.4 is 5.32 Å². The molecule has 2 aromatic heterocycles. The van der Waals surface area contributed by atoms with E-state index in [9.17, 15) is 4.79 Å². The van der Waals surface area contributed by atoms with Crippen molar-refractivity contribution in [2.45, 2.75) is 6.54 Å². The summed E-state index contributed by atoms with van der Waals surface area (Å²) in [4.78, 5) is 22.1. The van der Waals surface area contributed by atoms with Crippen LogP contribution in [0.25, 0.3) is 22.2 Å². The molecule has 0 radical (unpaired) electrons. The molecule has 0 spiro atoms. The summed E-state index contributed by atoms with van der Waals surface area (Å²) in [5, 5.41) is 8.06. The minimum atomic E-state index is -0.179. The minimum absolute atomic E-state index is 0.179. The maximum absolute atomic E-state index is 13.4. The van der Waals surface area contributed by atoms with Crippen molar-refractivity contribution in [2.24, 2.45) is 0 Å². The highest BCUT2D eigenvalue weighted by Crippen LogP contribution is 2.26. The molecule has 0 saturated heterocycles. The maximum atomic E-state index is 13.4. The second-order valence-electron chi connectivity index (χ2n) is 7.14. The number of carbonyl (C=O) groups is 1. The standard InChI is InChI=1S/C25H19N5O/c31-25(29-22-12-6-4-10-19(22)15-30-17-26-16-27-30)21-14-24(18-8-2-1-3-9-18)28-23-13-7-5-11-20(21)23/h1-14,16-17H,15H2,(H,29,31). The van der Waals surface area contributed by atoms with Gasteiger partial charge in [0.2, 0.25) is 0 Å². The molecule has 0 atom stereocenters. The van der Waals surface area contributed by atoms with Gasteiger partial charge in [-0.1, -0.05) is 66.7 Å². The number of benzene rings is 3. The number of pyridine rings is 1. The van der Waals surface area contributed by atoms with Gasteiger partial charge in [-0.2, -0.15) is 5.10 Å².